The van der Waals surface area contributed by atoms with Gasteiger partial charge in [-0.05, 0) is 19.3 Å². The second kappa shape index (κ2) is 5.62. The van der Waals surface area contributed by atoms with Crippen LogP contribution < -0.4 is 5.32 Å². The van der Waals surface area contributed by atoms with E-state index in [9.17, 15) is 9.90 Å². The topological polar surface area (TPSA) is 78.4 Å². The third-order valence-corrected chi connectivity index (χ3v) is 4.21. The van der Waals surface area contributed by atoms with E-state index in [1.165, 1.54) is 11.3 Å². The maximum atomic E-state index is 12.1. The van der Waals surface area contributed by atoms with E-state index in [0.717, 1.165) is 25.8 Å². The Labute approximate surface area is 110 Å². The second-order valence-corrected chi connectivity index (χ2v) is 5.54. The molecule has 0 saturated carbocycles. The van der Waals surface area contributed by atoms with Gasteiger partial charge in [-0.3, -0.25) is 5.32 Å². The van der Waals surface area contributed by atoms with Gasteiger partial charge in [-0.1, -0.05) is 18.3 Å². The Morgan fingerprint density at radius 1 is 1.72 bits per heavy atom. The summed E-state index contributed by atoms with van der Waals surface area (Å²) in [4.78, 5) is 13.8. The van der Waals surface area contributed by atoms with Crippen molar-refractivity contribution in [1.82, 2.24) is 15.1 Å². The molecular formula is C11H18N4O2S. The van der Waals surface area contributed by atoms with Gasteiger partial charge < -0.3 is 10.0 Å². The zero-order chi connectivity index (χ0) is 13.0. The van der Waals surface area contributed by atoms with Crippen molar-refractivity contribution >= 4 is 22.5 Å². The number of piperidine rings is 1. The Balaban J connectivity index is 1.98. The van der Waals surface area contributed by atoms with Crippen LogP contribution in [0.5, 0.6) is 0 Å². The predicted octanol–water partition coefficient (Wildman–Crippen LogP) is 1.55. The molecular weight excluding hydrogens is 252 g/mol. The number of urea groups is 1. The minimum absolute atomic E-state index is 0.131. The summed E-state index contributed by atoms with van der Waals surface area (Å²) in [6, 6.07) is -0.155. The van der Waals surface area contributed by atoms with Crippen molar-refractivity contribution in [1.29, 1.82) is 0 Å². The molecule has 7 heteroatoms. The number of nitrogens with zero attached hydrogens (tertiary/aromatic N) is 3. The van der Waals surface area contributed by atoms with E-state index in [0.29, 0.717) is 11.7 Å². The Morgan fingerprint density at radius 3 is 3.17 bits per heavy atom. The van der Waals surface area contributed by atoms with Crippen molar-refractivity contribution in [3.05, 3.63) is 5.51 Å². The first-order valence-corrected chi connectivity index (χ1v) is 7.00. The minimum atomic E-state index is -0.155. The molecule has 18 heavy (non-hydrogen) atoms. The van der Waals surface area contributed by atoms with Crippen molar-refractivity contribution in [2.45, 2.75) is 26.2 Å². The van der Waals surface area contributed by atoms with Crippen LogP contribution in [-0.4, -0.2) is 45.9 Å². The summed E-state index contributed by atoms with van der Waals surface area (Å²) in [5.41, 5.74) is 1.44. The molecule has 1 atom stereocenters. The number of carbonyl (C=O) groups excluding carboxylic acids is 1. The highest BCUT2D eigenvalue weighted by Gasteiger charge is 2.35. The number of aromatic nitrogens is 2. The third-order valence-electron chi connectivity index (χ3n) is 3.61. The lowest BCUT2D eigenvalue weighted by molar-refractivity contribution is 0.0468. The minimum Gasteiger partial charge on any atom is -0.396 e. The zero-order valence-corrected chi connectivity index (χ0v) is 11.2. The van der Waals surface area contributed by atoms with E-state index in [2.05, 4.69) is 22.4 Å². The average molecular weight is 270 g/mol. The van der Waals surface area contributed by atoms with Gasteiger partial charge in [0.2, 0.25) is 5.13 Å². The highest BCUT2D eigenvalue weighted by Crippen LogP contribution is 2.32. The predicted molar refractivity (Wildman–Crippen MR) is 69.5 cm³/mol. The average Bonchev–Trinajstić information content (AvgIpc) is 2.91. The number of aliphatic hydroxyl groups excluding tert-OH is 1. The first-order valence-electron chi connectivity index (χ1n) is 6.12. The summed E-state index contributed by atoms with van der Waals surface area (Å²) in [5, 5.41) is 20.2. The van der Waals surface area contributed by atoms with Crippen LogP contribution in [0, 0.1) is 5.41 Å². The molecule has 1 saturated heterocycles. The highest BCUT2D eigenvalue weighted by atomic mass is 32.1. The molecule has 2 heterocycles. The van der Waals surface area contributed by atoms with Crippen molar-refractivity contribution in [2.24, 2.45) is 5.41 Å². The normalized spacial score (nSPS) is 24.0. The molecule has 0 spiro atoms. The Morgan fingerprint density at radius 2 is 2.56 bits per heavy atom. The molecule has 2 rings (SSSR count). The number of likely N-dealkylation sites (tertiary alicyclic amines) is 1. The lowest BCUT2D eigenvalue weighted by Gasteiger charge is -2.41. The lowest BCUT2D eigenvalue weighted by atomic mass is 9.78. The molecule has 1 aliphatic rings. The fraction of sp³-hybridized carbons (Fsp3) is 0.727. The molecule has 0 aromatic carbocycles. The second-order valence-electron chi connectivity index (χ2n) is 4.71. The molecule has 1 fully saturated rings. The molecule has 6 nitrogen and oxygen atoms in total. The van der Waals surface area contributed by atoms with Crippen LogP contribution in [0.25, 0.3) is 0 Å². The van der Waals surface area contributed by atoms with Gasteiger partial charge >= 0.3 is 6.03 Å². The molecule has 1 aliphatic heterocycles. The number of hydrogen-bond donors (Lipinski definition) is 2. The summed E-state index contributed by atoms with van der Waals surface area (Å²) in [6.07, 6.45) is 2.78. The maximum Gasteiger partial charge on any atom is 0.323 e. The maximum absolute atomic E-state index is 12.1. The molecule has 2 N–H and O–H groups in total. The molecule has 1 aromatic heterocycles. The smallest absolute Gasteiger partial charge is 0.323 e. The summed E-state index contributed by atoms with van der Waals surface area (Å²) < 4.78 is 0. The number of hydrogen-bond acceptors (Lipinski definition) is 5. The monoisotopic (exact) mass is 270 g/mol. The zero-order valence-electron chi connectivity index (χ0n) is 10.4. The van der Waals surface area contributed by atoms with Crippen molar-refractivity contribution < 1.29 is 9.90 Å². The number of amides is 2. The van der Waals surface area contributed by atoms with Gasteiger partial charge in [-0.2, -0.15) is 0 Å². The van der Waals surface area contributed by atoms with Crippen LogP contribution in [0.15, 0.2) is 5.51 Å². The van der Waals surface area contributed by atoms with Crippen LogP contribution in [0.4, 0.5) is 9.93 Å². The van der Waals surface area contributed by atoms with Gasteiger partial charge in [-0.25, -0.2) is 4.79 Å². The first-order chi connectivity index (χ1) is 8.69. The third kappa shape index (κ3) is 2.78. The van der Waals surface area contributed by atoms with E-state index >= 15 is 0 Å². The van der Waals surface area contributed by atoms with Crippen LogP contribution in [0.3, 0.4) is 0 Å². The van der Waals surface area contributed by atoms with E-state index in [1.54, 1.807) is 10.4 Å². The standard InChI is InChI=1S/C11H18N4O2S/c1-2-11(7-16)4-3-5-15(6-11)10(17)13-9-14-12-8-18-9/h8,16H,2-7H2,1H3,(H,13,14,17). The van der Waals surface area contributed by atoms with Crippen molar-refractivity contribution in [3.63, 3.8) is 0 Å². The van der Waals surface area contributed by atoms with Gasteiger partial charge in [-0.15, -0.1) is 10.2 Å². The first kappa shape index (κ1) is 13.2. The van der Waals surface area contributed by atoms with Crippen LogP contribution >= 0.6 is 11.3 Å². The molecule has 0 aliphatic carbocycles. The highest BCUT2D eigenvalue weighted by molar-refractivity contribution is 7.13. The Hall–Kier alpha value is -1.21. The van der Waals surface area contributed by atoms with E-state index in [1.807, 2.05) is 0 Å². The molecule has 0 bridgehead atoms. The molecule has 1 unspecified atom stereocenters. The van der Waals surface area contributed by atoms with Gasteiger partial charge in [0.05, 0.1) is 6.61 Å². The fourth-order valence-electron chi connectivity index (χ4n) is 2.31. The van der Waals surface area contributed by atoms with Gasteiger partial charge in [0.1, 0.15) is 5.51 Å². The largest absolute Gasteiger partial charge is 0.396 e. The lowest BCUT2D eigenvalue weighted by Crippen LogP contribution is -2.49. The quantitative estimate of drug-likeness (QED) is 0.873. The van der Waals surface area contributed by atoms with Gasteiger partial charge in [0.15, 0.2) is 0 Å². The summed E-state index contributed by atoms with van der Waals surface area (Å²) >= 11 is 1.30. The van der Waals surface area contributed by atoms with E-state index < -0.39 is 0 Å². The summed E-state index contributed by atoms with van der Waals surface area (Å²) in [7, 11) is 0. The Bertz CT molecular complexity index is 392. The van der Waals surface area contributed by atoms with E-state index in [4.69, 9.17) is 0 Å². The SMILES string of the molecule is CCC1(CO)CCCN(C(=O)Nc2nncs2)C1. The van der Waals surface area contributed by atoms with E-state index in [-0.39, 0.29) is 18.1 Å². The molecule has 100 valence electrons. The molecule has 0 radical (unpaired) electrons. The fourth-order valence-corrected chi connectivity index (χ4v) is 2.74. The van der Waals surface area contributed by atoms with Crippen LogP contribution in [0.2, 0.25) is 0 Å². The van der Waals surface area contributed by atoms with Gasteiger partial charge in [0, 0.05) is 18.5 Å². The van der Waals surface area contributed by atoms with Crippen molar-refractivity contribution in [2.75, 3.05) is 25.0 Å². The Kier molecular flexibility index (Phi) is 4.13. The van der Waals surface area contributed by atoms with Crippen LogP contribution in [0.1, 0.15) is 26.2 Å². The molecule has 1 aromatic rings. The number of nitrogens with one attached hydrogen (secondary N) is 1. The number of carbonyl (C=O) groups is 1. The molecule has 2 amide bonds. The number of aliphatic hydroxyl groups is 1. The van der Waals surface area contributed by atoms with Crippen LogP contribution in [-0.2, 0) is 0 Å². The summed E-state index contributed by atoms with van der Waals surface area (Å²) in [6.45, 7) is 3.52. The van der Waals surface area contributed by atoms with Gasteiger partial charge in [0.25, 0.3) is 0 Å². The number of anilines is 1. The van der Waals surface area contributed by atoms with Crippen molar-refractivity contribution in [3.8, 4) is 0 Å². The summed E-state index contributed by atoms with van der Waals surface area (Å²) in [5.74, 6) is 0. The number of rotatable bonds is 3.